The molecule has 1 aliphatic heterocycles. The first-order valence-corrected chi connectivity index (χ1v) is 8.47. The molecule has 0 aliphatic carbocycles. The number of hydrogen-bond donors (Lipinski definition) is 1. The maximum absolute atomic E-state index is 11.7. The van der Waals surface area contributed by atoms with Crippen LogP contribution in [0.15, 0.2) is 23.1 Å². The molecule has 1 saturated heterocycles. The Labute approximate surface area is 129 Å². The Morgan fingerprint density at radius 2 is 2.18 bits per heavy atom. The van der Waals surface area contributed by atoms with E-state index in [4.69, 9.17) is 9.88 Å². The number of non-ortho nitro benzene ring substituents is 1. The van der Waals surface area contributed by atoms with Crippen molar-refractivity contribution in [2.24, 2.45) is 5.14 Å². The molecule has 0 spiro atoms. The zero-order valence-electron chi connectivity index (χ0n) is 12.3. The summed E-state index contributed by atoms with van der Waals surface area (Å²) < 4.78 is 29.1. The predicted octanol–water partition coefficient (Wildman–Crippen LogP) is 1.25. The molecule has 0 bridgehead atoms. The number of anilines is 1. The van der Waals surface area contributed by atoms with Crippen molar-refractivity contribution in [1.82, 2.24) is 0 Å². The van der Waals surface area contributed by atoms with Gasteiger partial charge in [0.15, 0.2) is 0 Å². The Kier molecular flexibility index (Phi) is 4.99. The summed E-state index contributed by atoms with van der Waals surface area (Å²) in [5.41, 5.74) is 0.0253. The molecule has 1 aromatic rings. The number of hydrogen-bond acceptors (Lipinski definition) is 6. The zero-order chi connectivity index (χ0) is 16.3. The van der Waals surface area contributed by atoms with Gasteiger partial charge >= 0.3 is 0 Å². The number of sulfonamides is 1. The average Bonchev–Trinajstić information content (AvgIpc) is 2.46. The van der Waals surface area contributed by atoms with Gasteiger partial charge in [0.2, 0.25) is 10.0 Å². The topological polar surface area (TPSA) is 116 Å². The molecule has 1 atom stereocenters. The third kappa shape index (κ3) is 3.93. The van der Waals surface area contributed by atoms with Gasteiger partial charge in [-0.1, -0.05) is 0 Å². The second-order valence-electron chi connectivity index (χ2n) is 5.32. The first-order chi connectivity index (χ1) is 10.3. The van der Waals surface area contributed by atoms with E-state index in [1.807, 2.05) is 0 Å². The molecular formula is C13H19N3O5S. The van der Waals surface area contributed by atoms with Gasteiger partial charge in [-0.3, -0.25) is 10.1 Å². The number of nitrogens with two attached hydrogens (primary N) is 1. The third-order valence-electron chi connectivity index (χ3n) is 3.62. The van der Waals surface area contributed by atoms with E-state index in [-0.39, 0.29) is 16.7 Å². The second kappa shape index (κ2) is 6.59. The van der Waals surface area contributed by atoms with Crippen molar-refractivity contribution in [3.8, 4) is 0 Å². The van der Waals surface area contributed by atoms with Crippen molar-refractivity contribution < 1.29 is 18.1 Å². The molecule has 22 heavy (non-hydrogen) atoms. The zero-order valence-corrected chi connectivity index (χ0v) is 13.1. The summed E-state index contributed by atoms with van der Waals surface area (Å²) in [5.74, 6) is 0. The molecule has 1 aromatic carbocycles. The molecule has 0 radical (unpaired) electrons. The lowest BCUT2D eigenvalue weighted by atomic mass is 10.1. The Bertz CT molecular complexity index is 656. The Hall–Kier alpha value is -1.71. The minimum atomic E-state index is -4.06. The van der Waals surface area contributed by atoms with E-state index in [1.54, 1.807) is 11.9 Å². The lowest BCUT2D eigenvalue weighted by Gasteiger charge is -2.29. The van der Waals surface area contributed by atoms with E-state index in [0.717, 1.165) is 25.3 Å². The van der Waals surface area contributed by atoms with Crippen LogP contribution in [0.25, 0.3) is 0 Å². The standard InChI is InChI=1S/C13H19N3O5S/c1-15(9-11-4-2-3-7-21-11)12-6-5-10(16(17)18)8-13(12)22(14,19)20/h5-6,8,11H,2-4,7,9H2,1H3,(H2,14,19,20). The van der Waals surface area contributed by atoms with Gasteiger partial charge in [-0.05, 0) is 25.3 Å². The van der Waals surface area contributed by atoms with Gasteiger partial charge in [0.25, 0.3) is 5.69 Å². The van der Waals surface area contributed by atoms with Crippen LogP contribution in [0.5, 0.6) is 0 Å². The number of nitro benzene ring substituents is 1. The highest BCUT2D eigenvalue weighted by Gasteiger charge is 2.23. The number of likely N-dealkylation sites (N-methyl/N-ethyl adjacent to an activating group) is 1. The number of rotatable bonds is 5. The molecule has 0 saturated carbocycles. The number of nitrogens with zero attached hydrogens (tertiary/aromatic N) is 2. The van der Waals surface area contributed by atoms with Gasteiger partial charge in [-0.2, -0.15) is 0 Å². The summed E-state index contributed by atoms with van der Waals surface area (Å²) in [4.78, 5) is 11.6. The molecule has 122 valence electrons. The Morgan fingerprint density at radius 3 is 2.73 bits per heavy atom. The summed E-state index contributed by atoms with van der Waals surface area (Å²) in [6.45, 7) is 1.20. The summed E-state index contributed by atoms with van der Waals surface area (Å²) in [7, 11) is -2.35. The van der Waals surface area contributed by atoms with E-state index in [0.29, 0.717) is 18.8 Å². The van der Waals surface area contributed by atoms with Crippen molar-refractivity contribution in [3.63, 3.8) is 0 Å². The molecule has 9 heteroatoms. The fourth-order valence-electron chi connectivity index (χ4n) is 2.51. The normalized spacial score (nSPS) is 18.9. The number of ether oxygens (including phenoxy) is 1. The van der Waals surface area contributed by atoms with Crippen LogP contribution < -0.4 is 10.0 Å². The van der Waals surface area contributed by atoms with Crippen molar-refractivity contribution in [3.05, 3.63) is 28.3 Å². The lowest BCUT2D eigenvalue weighted by Crippen LogP contribution is -2.34. The van der Waals surface area contributed by atoms with Crippen LogP contribution in [-0.4, -0.2) is 39.6 Å². The molecule has 2 N–H and O–H groups in total. The van der Waals surface area contributed by atoms with Gasteiger partial charge in [0.1, 0.15) is 4.90 Å². The van der Waals surface area contributed by atoms with Gasteiger partial charge in [0.05, 0.1) is 16.7 Å². The first-order valence-electron chi connectivity index (χ1n) is 6.93. The monoisotopic (exact) mass is 329 g/mol. The molecule has 0 amide bonds. The van der Waals surface area contributed by atoms with Crippen LogP contribution in [0.1, 0.15) is 19.3 Å². The smallest absolute Gasteiger partial charge is 0.270 e. The molecule has 1 fully saturated rings. The van der Waals surface area contributed by atoms with Crippen LogP contribution in [0.2, 0.25) is 0 Å². The quantitative estimate of drug-likeness (QED) is 0.642. The van der Waals surface area contributed by atoms with Gasteiger partial charge < -0.3 is 9.64 Å². The third-order valence-corrected chi connectivity index (χ3v) is 4.56. The maximum Gasteiger partial charge on any atom is 0.270 e. The second-order valence-corrected chi connectivity index (χ2v) is 6.85. The van der Waals surface area contributed by atoms with Crippen molar-refractivity contribution >= 4 is 21.4 Å². The lowest BCUT2D eigenvalue weighted by molar-refractivity contribution is -0.385. The SMILES string of the molecule is CN(CC1CCCCO1)c1ccc([N+](=O)[O-])cc1S(N)(=O)=O. The van der Waals surface area contributed by atoms with Crippen molar-refractivity contribution in [2.45, 2.75) is 30.3 Å². The highest BCUT2D eigenvalue weighted by Crippen LogP contribution is 2.28. The van der Waals surface area contributed by atoms with Gasteiger partial charge in [-0.25, -0.2) is 13.6 Å². The maximum atomic E-state index is 11.7. The van der Waals surface area contributed by atoms with Crippen LogP contribution >= 0.6 is 0 Å². The number of benzene rings is 1. The van der Waals surface area contributed by atoms with Crippen LogP contribution in [0, 0.1) is 10.1 Å². The summed E-state index contributed by atoms with van der Waals surface area (Å²) in [6, 6.07) is 3.66. The summed E-state index contributed by atoms with van der Waals surface area (Å²) >= 11 is 0. The average molecular weight is 329 g/mol. The van der Waals surface area contributed by atoms with E-state index in [9.17, 15) is 18.5 Å². The van der Waals surface area contributed by atoms with Crippen molar-refractivity contribution in [2.75, 3.05) is 25.1 Å². The molecule has 1 unspecified atom stereocenters. The fraction of sp³-hybridized carbons (Fsp3) is 0.538. The molecule has 0 aromatic heterocycles. The van der Waals surface area contributed by atoms with Crippen molar-refractivity contribution in [1.29, 1.82) is 0 Å². The minimum Gasteiger partial charge on any atom is -0.376 e. The van der Waals surface area contributed by atoms with Gasteiger partial charge in [-0.15, -0.1) is 0 Å². The van der Waals surface area contributed by atoms with E-state index in [1.165, 1.54) is 12.1 Å². The number of nitro groups is 1. The predicted molar refractivity (Wildman–Crippen MR) is 81.3 cm³/mol. The van der Waals surface area contributed by atoms with Crippen LogP contribution in [-0.2, 0) is 14.8 Å². The van der Waals surface area contributed by atoms with E-state index >= 15 is 0 Å². The molecule has 1 aliphatic rings. The minimum absolute atomic E-state index is 0.0160. The Morgan fingerprint density at radius 1 is 1.45 bits per heavy atom. The Balaban J connectivity index is 2.30. The molecular weight excluding hydrogens is 310 g/mol. The highest BCUT2D eigenvalue weighted by molar-refractivity contribution is 7.89. The number of primary sulfonamides is 1. The summed E-state index contributed by atoms with van der Waals surface area (Å²) in [6.07, 6.45) is 3.02. The largest absolute Gasteiger partial charge is 0.376 e. The van der Waals surface area contributed by atoms with Crippen LogP contribution in [0.3, 0.4) is 0 Å². The summed E-state index contributed by atoms with van der Waals surface area (Å²) in [5, 5.41) is 16.0. The first kappa shape index (κ1) is 16.7. The molecule has 2 rings (SSSR count). The fourth-order valence-corrected chi connectivity index (χ4v) is 3.32. The van der Waals surface area contributed by atoms with Gasteiger partial charge in [0, 0.05) is 32.3 Å². The molecule has 1 heterocycles. The highest BCUT2D eigenvalue weighted by atomic mass is 32.2. The van der Waals surface area contributed by atoms with E-state index < -0.39 is 14.9 Å². The van der Waals surface area contributed by atoms with Crippen LogP contribution in [0.4, 0.5) is 11.4 Å². The van der Waals surface area contributed by atoms with E-state index in [2.05, 4.69) is 0 Å². The molecule has 8 nitrogen and oxygen atoms in total.